The zero-order valence-electron chi connectivity index (χ0n) is 18.3. The van der Waals surface area contributed by atoms with Crippen LogP contribution in [0.1, 0.15) is 18.4 Å². The largest absolute Gasteiger partial charge is 0.496 e. The van der Waals surface area contributed by atoms with E-state index in [0.29, 0.717) is 20.6 Å². The molecule has 1 atom stereocenters. The van der Waals surface area contributed by atoms with E-state index in [1.807, 2.05) is 0 Å². The van der Waals surface area contributed by atoms with Crippen LogP contribution in [0.15, 0.2) is 41.3 Å². The molecule has 0 spiro atoms. The Balaban J connectivity index is 1.97. The van der Waals surface area contributed by atoms with Crippen LogP contribution in [0.25, 0.3) is 0 Å². The molecule has 2 aromatic carbocycles. The molecule has 0 radical (unpaired) electrons. The first-order chi connectivity index (χ1) is 16.1. The fourth-order valence-electron chi connectivity index (χ4n) is 3.59. The Morgan fingerprint density at radius 2 is 1.88 bits per heavy atom. The van der Waals surface area contributed by atoms with Crippen molar-refractivity contribution in [1.29, 1.82) is 0 Å². The fourth-order valence-corrected chi connectivity index (χ4v) is 5.41. The Labute approximate surface area is 207 Å². The number of rotatable bonds is 6. The molecule has 1 fully saturated rings. The molecule has 2 amide bonds. The number of benzene rings is 2. The minimum Gasteiger partial charge on any atom is -0.496 e. The molecule has 1 saturated heterocycles. The Morgan fingerprint density at radius 1 is 1.15 bits per heavy atom. The average Bonchev–Trinajstić information content (AvgIpc) is 2.94. The number of anilines is 1. The van der Waals surface area contributed by atoms with Gasteiger partial charge in [-0.25, -0.2) is 17.5 Å². The van der Waals surface area contributed by atoms with Gasteiger partial charge in [-0.3, -0.25) is 14.9 Å². The Hall–Kier alpha value is -2.82. The first-order valence-electron chi connectivity index (χ1n) is 10.1. The number of methoxy groups -OCH3 is 2. The minimum atomic E-state index is -4.44. The van der Waals surface area contributed by atoms with Crippen LogP contribution >= 0.6 is 23.2 Å². The highest BCUT2D eigenvalue weighted by atomic mass is 35.5. The number of carbonyl (C=O) groups is 3. The van der Waals surface area contributed by atoms with E-state index in [4.69, 9.17) is 27.9 Å². The van der Waals surface area contributed by atoms with Crippen molar-refractivity contribution in [3.8, 4) is 5.75 Å². The smallest absolute Gasteiger partial charge is 0.411 e. The summed E-state index contributed by atoms with van der Waals surface area (Å²) in [7, 11) is -1.83. The third-order valence-electron chi connectivity index (χ3n) is 5.34. The van der Waals surface area contributed by atoms with Gasteiger partial charge in [0.1, 0.15) is 5.75 Å². The van der Waals surface area contributed by atoms with Gasteiger partial charge in [-0.15, -0.1) is 0 Å². The van der Waals surface area contributed by atoms with Crippen LogP contribution in [0.2, 0.25) is 10.0 Å². The number of Topliss-reactive ketones (excluding diaryl/α,β-unsaturated/α-hetero) is 1. The first kappa shape index (κ1) is 25.8. The SMILES string of the molecule is COC(=O)Nc1cc(S(=O)(=O)N2CC(=O)CCC(Cc3cc(Cl)ccc3OC)C2=O)ccc1Cl. The lowest BCUT2D eigenvalue weighted by atomic mass is 9.93. The number of sulfonamides is 1. The monoisotopic (exact) mass is 528 g/mol. The summed E-state index contributed by atoms with van der Waals surface area (Å²) in [6.45, 7) is -0.591. The number of nitrogens with one attached hydrogen (secondary N) is 1. The summed E-state index contributed by atoms with van der Waals surface area (Å²) in [6, 6.07) is 8.49. The number of hydrogen-bond donors (Lipinski definition) is 1. The lowest BCUT2D eigenvalue weighted by Crippen LogP contribution is -2.42. The van der Waals surface area contributed by atoms with E-state index in [0.717, 1.165) is 13.2 Å². The van der Waals surface area contributed by atoms with Crippen LogP contribution in [-0.4, -0.2) is 51.3 Å². The molecule has 1 heterocycles. The molecule has 1 aliphatic rings. The summed E-state index contributed by atoms with van der Waals surface area (Å²) in [5, 5.41) is 2.81. The van der Waals surface area contributed by atoms with Gasteiger partial charge in [0.15, 0.2) is 5.78 Å². The molecule has 1 aliphatic heterocycles. The third-order valence-corrected chi connectivity index (χ3v) is 7.65. The lowest BCUT2D eigenvalue weighted by Gasteiger charge is -2.24. The molecule has 12 heteroatoms. The van der Waals surface area contributed by atoms with E-state index < -0.39 is 34.5 Å². The second kappa shape index (κ2) is 10.6. The average molecular weight is 529 g/mol. The molecule has 34 heavy (non-hydrogen) atoms. The van der Waals surface area contributed by atoms with Crippen LogP contribution < -0.4 is 10.1 Å². The molecule has 0 aromatic heterocycles. The first-order valence-corrected chi connectivity index (χ1v) is 12.3. The zero-order valence-corrected chi connectivity index (χ0v) is 20.7. The Morgan fingerprint density at radius 3 is 2.56 bits per heavy atom. The van der Waals surface area contributed by atoms with E-state index >= 15 is 0 Å². The van der Waals surface area contributed by atoms with E-state index in [1.54, 1.807) is 18.2 Å². The fraction of sp³-hybridized carbons (Fsp3) is 0.318. The second-order valence-electron chi connectivity index (χ2n) is 7.54. The normalized spacial score (nSPS) is 16.7. The standard InChI is InChI=1S/C22H22Cl2N2O7S/c1-32-20-8-4-15(23)10-14(20)9-13-3-5-16(27)12-26(21(13)28)34(30,31)17-6-7-18(24)19(11-17)25-22(29)33-2/h4,6-8,10-11,13H,3,5,9,12H2,1-2H3,(H,25,29). The van der Waals surface area contributed by atoms with Crippen LogP contribution in [-0.2, 0) is 30.8 Å². The van der Waals surface area contributed by atoms with Crippen LogP contribution in [0.3, 0.4) is 0 Å². The number of carbonyl (C=O) groups excluding carboxylic acids is 3. The van der Waals surface area contributed by atoms with E-state index in [-0.39, 0.29) is 40.7 Å². The summed E-state index contributed by atoms with van der Waals surface area (Å²) in [4.78, 5) is 37.0. The van der Waals surface area contributed by atoms with Crippen molar-refractivity contribution < 1.29 is 32.3 Å². The minimum absolute atomic E-state index is 0.0246. The maximum atomic E-state index is 13.4. The maximum absolute atomic E-state index is 13.4. The van der Waals surface area contributed by atoms with Crippen LogP contribution in [0, 0.1) is 5.92 Å². The molecule has 3 rings (SSSR count). The Kier molecular flexibility index (Phi) is 8.06. The second-order valence-corrected chi connectivity index (χ2v) is 10.2. The quantitative estimate of drug-likeness (QED) is 0.603. The van der Waals surface area contributed by atoms with E-state index in [2.05, 4.69) is 10.1 Å². The van der Waals surface area contributed by atoms with Crippen molar-refractivity contribution in [3.63, 3.8) is 0 Å². The molecule has 2 aromatic rings. The highest BCUT2D eigenvalue weighted by Crippen LogP contribution is 2.32. The van der Waals surface area contributed by atoms with Gasteiger partial charge in [-0.05, 0) is 54.8 Å². The van der Waals surface area contributed by atoms with Gasteiger partial charge in [-0.1, -0.05) is 23.2 Å². The highest BCUT2D eigenvalue weighted by Gasteiger charge is 2.38. The summed E-state index contributed by atoms with van der Waals surface area (Å²) >= 11 is 12.1. The topological polar surface area (TPSA) is 119 Å². The molecule has 0 bridgehead atoms. The lowest BCUT2D eigenvalue weighted by molar-refractivity contribution is -0.131. The molecule has 1 N–H and O–H groups in total. The van der Waals surface area contributed by atoms with E-state index in [9.17, 15) is 22.8 Å². The van der Waals surface area contributed by atoms with Crippen molar-refractivity contribution in [3.05, 3.63) is 52.0 Å². The number of ketones is 1. The molecular formula is C22H22Cl2N2O7S. The number of nitrogens with zero attached hydrogens (tertiary/aromatic N) is 1. The summed E-state index contributed by atoms with van der Waals surface area (Å²) < 4.78 is 37.2. The molecule has 1 unspecified atom stereocenters. The van der Waals surface area contributed by atoms with Gasteiger partial charge in [-0.2, -0.15) is 0 Å². The predicted octanol–water partition coefficient (Wildman–Crippen LogP) is 3.92. The van der Waals surface area contributed by atoms with Crippen molar-refractivity contribution >= 4 is 56.7 Å². The van der Waals surface area contributed by atoms with Crippen molar-refractivity contribution in [2.75, 3.05) is 26.1 Å². The number of amides is 2. The van der Waals surface area contributed by atoms with Gasteiger partial charge >= 0.3 is 6.09 Å². The van der Waals surface area contributed by atoms with Gasteiger partial charge in [0.05, 0.1) is 36.4 Å². The predicted molar refractivity (Wildman–Crippen MR) is 126 cm³/mol. The van der Waals surface area contributed by atoms with Crippen molar-refractivity contribution in [2.45, 2.75) is 24.2 Å². The summed E-state index contributed by atoms with van der Waals surface area (Å²) in [5.74, 6) is -1.41. The number of ether oxygens (including phenoxy) is 2. The van der Waals surface area contributed by atoms with Gasteiger partial charge < -0.3 is 9.47 Å². The molecule has 0 aliphatic carbocycles. The maximum Gasteiger partial charge on any atom is 0.411 e. The molecular weight excluding hydrogens is 507 g/mol. The molecule has 9 nitrogen and oxygen atoms in total. The zero-order chi connectivity index (χ0) is 25.0. The van der Waals surface area contributed by atoms with Crippen molar-refractivity contribution in [2.24, 2.45) is 5.92 Å². The Bertz CT molecular complexity index is 1230. The number of halogens is 2. The molecule has 0 saturated carbocycles. The van der Waals surface area contributed by atoms with Crippen molar-refractivity contribution in [1.82, 2.24) is 4.31 Å². The van der Waals surface area contributed by atoms with Gasteiger partial charge in [0.25, 0.3) is 10.0 Å². The van der Waals surface area contributed by atoms with Gasteiger partial charge in [0.2, 0.25) is 5.91 Å². The van der Waals surface area contributed by atoms with E-state index in [1.165, 1.54) is 19.2 Å². The number of hydrogen-bond acceptors (Lipinski definition) is 7. The van der Waals surface area contributed by atoms with Crippen LogP contribution in [0.4, 0.5) is 10.5 Å². The molecule has 182 valence electrons. The van der Waals surface area contributed by atoms with Crippen LogP contribution in [0.5, 0.6) is 5.75 Å². The summed E-state index contributed by atoms with van der Waals surface area (Å²) in [6.07, 6.45) is -0.499. The van der Waals surface area contributed by atoms with Gasteiger partial charge in [0, 0.05) is 17.4 Å². The highest BCUT2D eigenvalue weighted by molar-refractivity contribution is 7.89. The summed E-state index contributed by atoms with van der Waals surface area (Å²) in [5.41, 5.74) is 0.597. The third kappa shape index (κ3) is 5.63.